The molecule has 0 bridgehead atoms. The zero-order valence-corrected chi connectivity index (χ0v) is 16.6. The molecular formula is C20H32N2O6+. The fourth-order valence-electron chi connectivity index (χ4n) is 3.46. The molecule has 0 aromatic carbocycles. The maximum Gasteiger partial charge on any atom is 0.370 e. The van der Waals surface area contributed by atoms with Gasteiger partial charge in [0.05, 0.1) is 19.6 Å². The molecule has 0 aromatic heterocycles. The topological polar surface area (TPSA) is 105 Å². The zero-order valence-electron chi connectivity index (χ0n) is 16.6. The molecule has 1 radical (unpaired) electrons. The maximum absolute atomic E-state index is 12.4. The molecule has 157 valence electrons. The number of hydrogen-bond acceptors (Lipinski definition) is 6. The van der Waals surface area contributed by atoms with Crippen LogP contribution in [0.2, 0.25) is 0 Å². The van der Waals surface area contributed by atoms with Crippen LogP contribution in [-0.4, -0.2) is 56.1 Å². The summed E-state index contributed by atoms with van der Waals surface area (Å²) < 4.78 is 10.5. The van der Waals surface area contributed by atoms with Crippen molar-refractivity contribution in [1.29, 1.82) is 0 Å². The molecule has 2 heterocycles. The summed E-state index contributed by atoms with van der Waals surface area (Å²) in [7, 11) is 0. The van der Waals surface area contributed by atoms with Crippen molar-refractivity contribution >= 4 is 23.8 Å². The summed E-state index contributed by atoms with van der Waals surface area (Å²) in [6, 6.07) is -0.497. The van der Waals surface area contributed by atoms with E-state index >= 15 is 0 Å². The van der Waals surface area contributed by atoms with Gasteiger partial charge in [0.2, 0.25) is 11.9 Å². The standard InChI is InChI=1S/C20H32N2O6/c23-17-9-1-2-10-18(24)22-13-7-8-16(22)20(26)28-15-6-5-14-27-19(25)11-3-4-12-21-17/h16H,1-15H2,(H,21,23)/q+1. The highest BCUT2D eigenvalue weighted by Crippen LogP contribution is 2.18. The number of nitrogens with one attached hydrogen (secondary N) is 1. The summed E-state index contributed by atoms with van der Waals surface area (Å²) >= 11 is 0. The molecule has 8 heteroatoms. The lowest BCUT2D eigenvalue weighted by Gasteiger charge is -2.12. The molecule has 8 nitrogen and oxygen atoms in total. The van der Waals surface area contributed by atoms with Crippen molar-refractivity contribution in [3.8, 4) is 0 Å². The van der Waals surface area contributed by atoms with Crippen LogP contribution in [0.3, 0.4) is 0 Å². The van der Waals surface area contributed by atoms with E-state index in [-0.39, 0.29) is 30.4 Å². The van der Waals surface area contributed by atoms with Crippen molar-refractivity contribution in [3.05, 3.63) is 0 Å². The molecule has 1 unspecified atom stereocenters. The Hall–Kier alpha value is -1.96. The molecule has 28 heavy (non-hydrogen) atoms. The highest BCUT2D eigenvalue weighted by molar-refractivity contribution is 5.87. The Morgan fingerprint density at radius 3 is 2.32 bits per heavy atom. The zero-order chi connectivity index (χ0) is 20.2. The van der Waals surface area contributed by atoms with Crippen LogP contribution in [0.5, 0.6) is 0 Å². The van der Waals surface area contributed by atoms with Gasteiger partial charge < -0.3 is 14.8 Å². The van der Waals surface area contributed by atoms with E-state index in [4.69, 9.17) is 9.47 Å². The first-order chi connectivity index (χ1) is 13.6. The van der Waals surface area contributed by atoms with Crippen molar-refractivity contribution in [2.45, 2.75) is 76.7 Å². The quantitative estimate of drug-likeness (QED) is 0.492. The van der Waals surface area contributed by atoms with E-state index in [2.05, 4.69) is 5.32 Å². The van der Waals surface area contributed by atoms with Gasteiger partial charge in [-0.25, -0.2) is 9.59 Å². The van der Waals surface area contributed by atoms with Gasteiger partial charge >= 0.3 is 17.8 Å². The minimum atomic E-state index is -0.497. The maximum atomic E-state index is 12.4. The molecule has 2 saturated heterocycles. The number of cyclic esters (lactones) is 2. The van der Waals surface area contributed by atoms with Crippen LogP contribution < -0.4 is 10.2 Å². The Morgan fingerprint density at radius 1 is 0.786 bits per heavy atom. The van der Waals surface area contributed by atoms with Crippen LogP contribution in [0.4, 0.5) is 0 Å². The number of hydrogen-bond donors (Lipinski definition) is 1. The van der Waals surface area contributed by atoms with E-state index in [0.717, 1.165) is 12.8 Å². The van der Waals surface area contributed by atoms with Gasteiger partial charge in [0.1, 0.15) is 6.54 Å². The van der Waals surface area contributed by atoms with Gasteiger partial charge in [-0.1, -0.05) is 4.90 Å². The molecule has 1 atom stereocenters. The largest absolute Gasteiger partial charge is 0.466 e. The third kappa shape index (κ3) is 7.96. The number of carbonyl (C=O) groups excluding carboxylic acids is 4. The second kappa shape index (κ2) is 12.5. The predicted molar refractivity (Wildman–Crippen MR) is 102 cm³/mol. The average Bonchev–Trinajstić information content (AvgIpc) is 3.16. The van der Waals surface area contributed by atoms with E-state index in [9.17, 15) is 19.2 Å². The average molecular weight is 396 g/mol. The van der Waals surface area contributed by atoms with Gasteiger partial charge in [-0.2, -0.15) is 0 Å². The lowest BCUT2D eigenvalue weighted by molar-refractivity contribution is -0.150. The number of amides is 2. The van der Waals surface area contributed by atoms with Gasteiger partial charge in [-0.05, 0) is 38.5 Å². The molecule has 2 aliphatic rings. The predicted octanol–water partition coefficient (Wildman–Crippen LogP) is 1.54. The van der Waals surface area contributed by atoms with Crippen molar-refractivity contribution < 1.29 is 28.7 Å². The molecule has 2 aliphatic heterocycles. The Bertz CT molecular complexity index is 551. The Kier molecular flexibility index (Phi) is 9.96. The summed E-state index contributed by atoms with van der Waals surface area (Å²) in [6.45, 7) is 1.69. The Morgan fingerprint density at radius 2 is 1.50 bits per heavy atom. The van der Waals surface area contributed by atoms with Crippen LogP contribution in [0, 0.1) is 0 Å². The van der Waals surface area contributed by atoms with E-state index in [1.165, 1.54) is 0 Å². The summed E-state index contributed by atoms with van der Waals surface area (Å²) in [4.78, 5) is 49.8. The molecule has 0 aliphatic carbocycles. The molecule has 2 amide bonds. The smallest absolute Gasteiger partial charge is 0.370 e. The molecule has 2 rings (SSSR count). The van der Waals surface area contributed by atoms with Gasteiger partial charge in [-0.15, -0.1) is 0 Å². The van der Waals surface area contributed by atoms with E-state index in [1.54, 1.807) is 4.90 Å². The number of carbonyl (C=O) groups is 4. The third-order valence-electron chi connectivity index (χ3n) is 5.07. The van der Waals surface area contributed by atoms with Crippen LogP contribution in [0.1, 0.15) is 70.6 Å². The summed E-state index contributed by atoms with van der Waals surface area (Å²) in [5, 5.41) is 2.83. The minimum absolute atomic E-state index is 0.0384. The molecule has 0 spiro atoms. The van der Waals surface area contributed by atoms with Gasteiger partial charge in [0.25, 0.3) is 0 Å². The van der Waals surface area contributed by atoms with E-state index < -0.39 is 6.04 Å². The monoisotopic (exact) mass is 396 g/mol. The second-order valence-electron chi connectivity index (χ2n) is 7.35. The van der Waals surface area contributed by atoms with Crippen molar-refractivity contribution in [3.63, 3.8) is 0 Å². The first kappa shape index (κ1) is 22.3. The second-order valence-corrected chi connectivity index (χ2v) is 7.35. The fraction of sp³-hybridized carbons (Fsp3) is 0.800. The Balaban J connectivity index is 1.84. The molecule has 2 fully saturated rings. The number of ether oxygens (including phenoxy) is 2. The molecule has 0 aromatic rings. The fourth-order valence-corrected chi connectivity index (χ4v) is 3.46. The summed E-state index contributed by atoms with van der Waals surface area (Å²) in [5.41, 5.74) is 0. The molecule has 1 N–H and O–H groups in total. The van der Waals surface area contributed by atoms with E-state index in [1.807, 2.05) is 0 Å². The van der Waals surface area contributed by atoms with Gasteiger partial charge in [0.15, 0.2) is 0 Å². The van der Waals surface area contributed by atoms with Crippen LogP contribution in [0.15, 0.2) is 0 Å². The van der Waals surface area contributed by atoms with Crippen LogP contribution in [-0.2, 0) is 28.7 Å². The van der Waals surface area contributed by atoms with Crippen LogP contribution >= 0.6 is 0 Å². The molecular weight excluding hydrogens is 364 g/mol. The third-order valence-corrected chi connectivity index (χ3v) is 5.07. The lowest BCUT2D eigenvalue weighted by atomic mass is 10.1. The van der Waals surface area contributed by atoms with Crippen molar-refractivity contribution in [2.24, 2.45) is 0 Å². The lowest BCUT2D eigenvalue weighted by Crippen LogP contribution is -2.46. The molecule has 0 saturated carbocycles. The first-order valence-corrected chi connectivity index (χ1v) is 10.5. The minimum Gasteiger partial charge on any atom is -0.466 e. The number of rotatable bonds is 0. The summed E-state index contributed by atoms with van der Waals surface area (Å²) in [5.74, 6) is -0.677. The highest BCUT2D eigenvalue weighted by Gasteiger charge is 2.45. The number of nitrogens with zero attached hydrogens (tertiary/aromatic N) is 1. The Labute approximate surface area is 166 Å². The van der Waals surface area contributed by atoms with Crippen molar-refractivity contribution in [1.82, 2.24) is 10.2 Å². The van der Waals surface area contributed by atoms with Crippen LogP contribution in [0.25, 0.3) is 0 Å². The van der Waals surface area contributed by atoms with Crippen molar-refractivity contribution in [2.75, 3.05) is 26.3 Å². The first-order valence-electron chi connectivity index (χ1n) is 10.5. The van der Waals surface area contributed by atoms with E-state index in [0.29, 0.717) is 77.5 Å². The van der Waals surface area contributed by atoms with Gasteiger partial charge in [-0.3, -0.25) is 9.59 Å². The SMILES string of the molecule is O=C1CCCCC(=O)[N+]2CCCC2C(=O)OCCCCOC(=O)CCCCN1. The highest BCUT2D eigenvalue weighted by atomic mass is 16.5. The van der Waals surface area contributed by atoms with Gasteiger partial charge in [0, 0.05) is 32.2 Å². The normalized spacial score (nSPS) is 25.8. The number of fused-ring (bicyclic) bond motifs is 1. The number of esters is 2. The summed E-state index contributed by atoms with van der Waals surface area (Å²) in [6.07, 6.45) is 6.38.